The van der Waals surface area contributed by atoms with Crippen LogP contribution in [0.3, 0.4) is 0 Å². The number of alkyl halides is 3. The van der Waals surface area contributed by atoms with Crippen LogP contribution in [-0.2, 0) is 4.79 Å². The van der Waals surface area contributed by atoms with E-state index in [-0.39, 0.29) is 30.0 Å². The number of halogens is 3. The molecule has 0 N–H and O–H groups in total. The fraction of sp³-hybridized carbons (Fsp3) is 0.633. The lowest BCUT2D eigenvalue weighted by atomic mass is 9.48. The molecule has 0 bridgehead atoms. The van der Waals surface area contributed by atoms with Crippen molar-refractivity contribution in [2.45, 2.75) is 101 Å². The molecule has 0 amide bonds. The quantitative estimate of drug-likeness (QED) is 0.273. The minimum absolute atomic E-state index is 0.0210. The lowest BCUT2D eigenvalue weighted by molar-refractivity contribution is -0.178. The number of ketones is 1. The zero-order valence-corrected chi connectivity index (χ0v) is 22.9. The van der Waals surface area contributed by atoms with Crippen molar-refractivity contribution in [3.63, 3.8) is 0 Å². The van der Waals surface area contributed by atoms with Crippen LogP contribution < -0.4 is 0 Å². The Morgan fingerprint density at radius 1 is 1.08 bits per heavy atom. The van der Waals surface area contributed by atoms with Gasteiger partial charge in [-0.25, -0.2) is 13.2 Å². The Hall–Kier alpha value is -1.89. The summed E-state index contributed by atoms with van der Waals surface area (Å²) in [6.45, 7) is 5.41. The molecular weight excluding hydrogens is 495 g/mol. The Bertz CT molecular complexity index is 1170. The number of carbonyl (C=O) groups is 1. The van der Waals surface area contributed by atoms with Gasteiger partial charge in [-0.05, 0) is 98.0 Å². The van der Waals surface area contributed by atoms with E-state index in [1.54, 1.807) is 17.8 Å². The second-order valence-corrected chi connectivity index (χ2v) is 13.2. The molecule has 0 saturated heterocycles. The lowest BCUT2D eigenvalue weighted by Gasteiger charge is -2.57. The van der Waals surface area contributed by atoms with Gasteiger partial charge in [0.1, 0.15) is 5.54 Å². The van der Waals surface area contributed by atoms with Gasteiger partial charge in [-0.2, -0.15) is 4.91 Å². The van der Waals surface area contributed by atoms with Crippen LogP contribution in [0.4, 0.5) is 13.2 Å². The van der Waals surface area contributed by atoms with Gasteiger partial charge in [-0.1, -0.05) is 36.7 Å². The van der Waals surface area contributed by atoms with Crippen molar-refractivity contribution >= 4 is 17.5 Å². The summed E-state index contributed by atoms with van der Waals surface area (Å²) in [7, 11) is 0. The third-order valence-corrected chi connectivity index (χ3v) is 11.1. The van der Waals surface area contributed by atoms with Crippen molar-refractivity contribution in [2.75, 3.05) is 5.75 Å². The molecule has 1 aromatic carbocycles. The highest BCUT2D eigenvalue weighted by atomic mass is 32.2. The van der Waals surface area contributed by atoms with Gasteiger partial charge in [0.05, 0.1) is 0 Å². The third kappa shape index (κ3) is 3.81. The van der Waals surface area contributed by atoms with Gasteiger partial charge in [0.2, 0.25) is 0 Å². The monoisotopic (exact) mass is 531 g/mol. The van der Waals surface area contributed by atoms with Crippen LogP contribution in [-0.4, -0.2) is 28.7 Å². The van der Waals surface area contributed by atoms with Gasteiger partial charge in [-0.3, -0.25) is 4.79 Å². The fourth-order valence-electron chi connectivity index (χ4n) is 8.30. The molecule has 0 aliphatic heterocycles. The van der Waals surface area contributed by atoms with Gasteiger partial charge in [0.25, 0.3) is 5.92 Å². The minimum atomic E-state index is -3.71. The van der Waals surface area contributed by atoms with Crippen LogP contribution in [0, 0.1) is 22.2 Å². The second kappa shape index (κ2) is 9.10. The van der Waals surface area contributed by atoms with E-state index in [4.69, 9.17) is 0 Å². The summed E-state index contributed by atoms with van der Waals surface area (Å²) in [5, 5.41) is 3.33. The molecule has 0 heterocycles. The van der Waals surface area contributed by atoms with Crippen LogP contribution in [0.15, 0.2) is 57.1 Å². The van der Waals surface area contributed by atoms with E-state index in [2.05, 4.69) is 36.4 Å². The maximum Gasteiger partial charge on any atom is 0.281 e. The first-order valence-electron chi connectivity index (χ1n) is 13.5. The van der Waals surface area contributed by atoms with Gasteiger partial charge in [0.15, 0.2) is 11.5 Å². The fourth-order valence-corrected chi connectivity index (χ4v) is 8.96. The van der Waals surface area contributed by atoms with Gasteiger partial charge >= 0.3 is 0 Å². The highest BCUT2D eigenvalue weighted by Gasteiger charge is 2.75. The number of benzene rings is 1. The highest BCUT2D eigenvalue weighted by molar-refractivity contribution is 7.99. The number of allylic oxidation sites excluding steroid dienone is 4. The van der Waals surface area contributed by atoms with E-state index in [1.165, 1.54) is 11.1 Å². The normalized spacial score (nSPS) is 35.3. The highest BCUT2D eigenvalue weighted by Crippen LogP contribution is 2.71. The smallest absolute Gasteiger partial charge is 0.281 e. The summed E-state index contributed by atoms with van der Waals surface area (Å²) in [6, 6.07) is 8.36. The number of nitroso groups, excluding NO2 is 1. The number of hydrogen-bond acceptors (Lipinski definition) is 4. The average Bonchev–Trinajstić information content (AvgIpc) is 3.16. The zero-order valence-electron chi connectivity index (χ0n) is 22.1. The number of thioether (sulfide) groups is 1. The maximum absolute atomic E-state index is 16.3. The Kier molecular flexibility index (Phi) is 6.57. The molecule has 4 aliphatic carbocycles. The number of fused-ring (bicyclic) bond motifs is 4. The summed E-state index contributed by atoms with van der Waals surface area (Å²) >= 11 is 1.75. The number of rotatable bonds is 6. The van der Waals surface area contributed by atoms with Crippen LogP contribution in [0.2, 0.25) is 0 Å². The molecular formula is C30H36F3NO2S. The predicted molar refractivity (Wildman–Crippen MR) is 142 cm³/mol. The van der Waals surface area contributed by atoms with E-state index in [1.807, 2.05) is 6.92 Å². The van der Waals surface area contributed by atoms with E-state index in [0.717, 1.165) is 41.6 Å². The largest absolute Gasteiger partial charge is 0.295 e. The summed E-state index contributed by atoms with van der Waals surface area (Å²) in [5.41, 5.74) is -1.44. The van der Waals surface area contributed by atoms with Gasteiger partial charge in [-0.15, -0.1) is 11.8 Å². The van der Waals surface area contributed by atoms with Crippen molar-refractivity contribution in [1.82, 2.24) is 0 Å². The molecule has 5 rings (SSSR count). The topological polar surface area (TPSA) is 46.5 Å². The molecule has 2 saturated carbocycles. The second-order valence-electron chi connectivity index (χ2n) is 11.9. The average molecular weight is 532 g/mol. The van der Waals surface area contributed by atoms with E-state index >= 15 is 4.39 Å². The molecule has 2 fully saturated rings. The van der Waals surface area contributed by atoms with Crippen molar-refractivity contribution in [3.05, 3.63) is 57.5 Å². The molecule has 1 aromatic rings. The molecule has 6 atom stereocenters. The first-order chi connectivity index (χ1) is 17.4. The first-order valence-corrected chi connectivity index (χ1v) is 14.5. The molecule has 7 heteroatoms. The zero-order chi connectivity index (χ0) is 26.8. The molecule has 4 aliphatic rings. The number of nitrogens with zero attached hydrogens (tertiary/aromatic N) is 1. The number of hydrogen-bond donors (Lipinski definition) is 0. The lowest BCUT2D eigenvalue weighted by Crippen LogP contribution is -2.65. The Morgan fingerprint density at radius 2 is 1.78 bits per heavy atom. The molecule has 0 spiro atoms. The first kappa shape index (κ1) is 26.7. The Labute approximate surface area is 221 Å². The van der Waals surface area contributed by atoms with Crippen molar-refractivity contribution in [3.8, 4) is 0 Å². The molecule has 3 nitrogen and oxygen atoms in total. The van der Waals surface area contributed by atoms with E-state index in [9.17, 15) is 18.5 Å². The number of carbonyl (C=O) groups excluding carboxylic acids is 1. The summed E-state index contributed by atoms with van der Waals surface area (Å²) < 4.78 is 45.9. The van der Waals surface area contributed by atoms with Crippen molar-refractivity contribution in [1.29, 1.82) is 0 Å². The van der Waals surface area contributed by atoms with Crippen LogP contribution in [0.25, 0.3) is 0 Å². The van der Waals surface area contributed by atoms with Crippen LogP contribution in [0.5, 0.6) is 0 Å². The minimum Gasteiger partial charge on any atom is -0.295 e. The summed E-state index contributed by atoms with van der Waals surface area (Å²) in [4.78, 5) is 26.0. The van der Waals surface area contributed by atoms with Crippen LogP contribution >= 0.6 is 11.8 Å². The SMILES string of the molecule is CCSc1ccc([C@H]2C[C@@]3(C)C(CC[C@@]3(N=O)C(C)(F)C(C)(F)F)C3CCC4=CC(=O)CCC4=C32)cc1. The molecule has 200 valence electrons. The van der Waals surface area contributed by atoms with Gasteiger partial charge < -0.3 is 0 Å². The maximum atomic E-state index is 16.3. The molecule has 0 aromatic heterocycles. The summed E-state index contributed by atoms with van der Waals surface area (Å²) in [5.74, 6) is -2.80. The standard InChI is InChI=1S/C30H36F3NO2S/c1-5-37-21-10-6-18(7-11-21)24-17-27(2)25(14-15-30(27,34-36)28(3,31)29(4,32)33)23-12-8-19-16-20(35)9-13-22(19)26(23)24/h6-7,10-11,16,23-25H,5,8-9,12-15,17H2,1-4H3/t23?,24-,25?,27+,28?,30+/m1/s1. The molecule has 3 unspecified atom stereocenters. The van der Waals surface area contributed by atoms with E-state index < -0.39 is 22.5 Å². The predicted octanol–water partition coefficient (Wildman–Crippen LogP) is 8.59. The van der Waals surface area contributed by atoms with E-state index in [0.29, 0.717) is 32.6 Å². The Balaban J connectivity index is 1.69. The van der Waals surface area contributed by atoms with Gasteiger partial charge in [0, 0.05) is 29.6 Å². The van der Waals surface area contributed by atoms with Crippen LogP contribution in [0.1, 0.15) is 84.1 Å². The third-order valence-electron chi connectivity index (χ3n) is 10.2. The Morgan fingerprint density at radius 3 is 2.41 bits per heavy atom. The van der Waals surface area contributed by atoms with Crippen molar-refractivity contribution < 1.29 is 18.0 Å². The summed E-state index contributed by atoms with van der Waals surface area (Å²) in [6.07, 6.45) is 5.37. The van der Waals surface area contributed by atoms with Crippen molar-refractivity contribution in [2.24, 2.45) is 22.4 Å². The molecule has 37 heavy (non-hydrogen) atoms. The molecule has 0 radical (unpaired) electrons.